The number of hydrogen-bond acceptors (Lipinski definition) is 4. The Balaban J connectivity index is 2.26. The summed E-state index contributed by atoms with van der Waals surface area (Å²) in [6, 6.07) is 6.19. The Labute approximate surface area is 138 Å². The van der Waals surface area contributed by atoms with E-state index in [1.54, 1.807) is 24.0 Å². The number of amides is 1. The lowest BCUT2D eigenvalue weighted by Gasteiger charge is -2.38. The lowest BCUT2D eigenvalue weighted by atomic mass is 9.92. The summed E-state index contributed by atoms with van der Waals surface area (Å²) in [7, 11) is -3.57. The van der Waals surface area contributed by atoms with E-state index in [0.717, 1.165) is 12.8 Å². The first-order valence-electron chi connectivity index (χ1n) is 7.99. The van der Waals surface area contributed by atoms with E-state index in [-0.39, 0.29) is 16.8 Å². The zero-order valence-electron chi connectivity index (χ0n) is 13.7. The van der Waals surface area contributed by atoms with E-state index in [1.165, 1.54) is 12.1 Å². The van der Waals surface area contributed by atoms with Crippen LogP contribution in [0.5, 0.6) is 0 Å². The number of carbonyl (C=O) groups is 1. The molecular formula is C16H25N3O3S. The molecule has 0 aliphatic carbocycles. The van der Waals surface area contributed by atoms with Gasteiger partial charge >= 0.3 is 0 Å². The molecule has 1 aliphatic rings. The fourth-order valence-electron chi connectivity index (χ4n) is 2.98. The SMILES string of the molecule is CCNS(=O)(=O)c1cccc(C(=O)N2CCC(C)CC2CN)c1. The maximum absolute atomic E-state index is 12.8. The standard InChI is InChI=1S/C16H25N3O3S/c1-3-18-23(21,22)15-6-4-5-13(10-15)16(20)19-8-7-12(2)9-14(19)11-17/h4-6,10,12,14,18H,3,7-9,11,17H2,1-2H3. The Hall–Kier alpha value is -1.44. The summed E-state index contributed by atoms with van der Waals surface area (Å²) in [5, 5.41) is 0. The topological polar surface area (TPSA) is 92.5 Å². The molecule has 1 amide bonds. The minimum absolute atomic E-state index is 0.0141. The van der Waals surface area contributed by atoms with Crippen molar-refractivity contribution in [1.29, 1.82) is 0 Å². The van der Waals surface area contributed by atoms with Crippen LogP contribution in [-0.2, 0) is 10.0 Å². The van der Waals surface area contributed by atoms with Crippen LogP contribution in [0.3, 0.4) is 0 Å². The summed E-state index contributed by atoms with van der Waals surface area (Å²) in [6.07, 6.45) is 1.83. The van der Waals surface area contributed by atoms with Crippen molar-refractivity contribution in [3.63, 3.8) is 0 Å². The van der Waals surface area contributed by atoms with Crippen molar-refractivity contribution in [1.82, 2.24) is 9.62 Å². The highest BCUT2D eigenvalue weighted by atomic mass is 32.2. The van der Waals surface area contributed by atoms with Crippen molar-refractivity contribution in [3.05, 3.63) is 29.8 Å². The predicted octanol–water partition coefficient (Wildman–Crippen LogP) is 1.18. The first kappa shape index (κ1) is 17.9. The third-order valence-corrected chi connectivity index (χ3v) is 5.78. The molecule has 0 saturated carbocycles. The second-order valence-electron chi connectivity index (χ2n) is 6.05. The third kappa shape index (κ3) is 4.10. The van der Waals surface area contributed by atoms with Crippen molar-refractivity contribution >= 4 is 15.9 Å². The van der Waals surface area contributed by atoms with Gasteiger partial charge in [-0.1, -0.05) is 19.9 Å². The summed E-state index contributed by atoms with van der Waals surface area (Å²) in [5.41, 5.74) is 6.20. The molecule has 2 unspecified atom stereocenters. The molecular weight excluding hydrogens is 314 g/mol. The van der Waals surface area contributed by atoms with Crippen LogP contribution in [0.4, 0.5) is 0 Å². The van der Waals surface area contributed by atoms with Crippen LogP contribution in [0.1, 0.15) is 37.0 Å². The lowest BCUT2D eigenvalue weighted by molar-refractivity contribution is 0.0573. The Kier molecular flexibility index (Phi) is 5.78. The van der Waals surface area contributed by atoms with Crippen molar-refractivity contribution in [3.8, 4) is 0 Å². The number of piperidine rings is 1. The molecule has 0 radical (unpaired) electrons. The molecule has 0 spiro atoms. The molecule has 0 aromatic heterocycles. The number of hydrogen-bond donors (Lipinski definition) is 2. The monoisotopic (exact) mass is 339 g/mol. The molecule has 1 aromatic rings. The molecule has 6 nitrogen and oxygen atoms in total. The summed E-state index contributed by atoms with van der Waals surface area (Å²) in [5.74, 6) is 0.397. The van der Waals surface area contributed by atoms with Gasteiger partial charge < -0.3 is 10.6 Å². The van der Waals surface area contributed by atoms with Crippen molar-refractivity contribution < 1.29 is 13.2 Å². The highest BCUT2D eigenvalue weighted by Gasteiger charge is 2.30. The van der Waals surface area contributed by atoms with Gasteiger partial charge in [-0.15, -0.1) is 0 Å². The normalized spacial score (nSPS) is 22.1. The van der Waals surface area contributed by atoms with Crippen LogP contribution in [-0.4, -0.2) is 44.9 Å². The van der Waals surface area contributed by atoms with Crippen LogP contribution in [0.15, 0.2) is 29.2 Å². The summed E-state index contributed by atoms with van der Waals surface area (Å²) < 4.78 is 26.6. The Morgan fingerprint density at radius 3 is 2.83 bits per heavy atom. The molecule has 2 rings (SSSR count). The van der Waals surface area contributed by atoms with E-state index in [1.807, 2.05) is 0 Å². The Morgan fingerprint density at radius 2 is 2.17 bits per heavy atom. The number of nitrogens with zero attached hydrogens (tertiary/aromatic N) is 1. The van der Waals surface area contributed by atoms with Crippen molar-refractivity contribution in [2.75, 3.05) is 19.6 Å². The van der Waals surface area contributed by atoms with Gasteiger partial charge in [0.25, 0.3) is 5.91 Å². The molecule has 1 aromatic carbocycles. The summed E-state index contributed by atoms with van der Waals surface area (Å²) in [4.78, 5) is 14.7. The maximum atomic E-state index is 12.8. The Bertz CT molecular complexity index is 660. The van der Waals surface area contributed by atoms with Gasteiger partial charge in [-0.3, -0.25) is 4.79 Å². The minimum Gasteiger partial charge on any atom is -0.334 e. The van der Waals surface area contributed by atoms with Crippen LogP contribution < -0.4 is 10.5 Å². The summed E-state index contributed by atoms with van der Waals surface area (Å²) in [6.45, 7) is 5.26. The zero-order chi connectivity index (χ0) is 17.0. The van der Waals surface area contributed by atoms with Crippen molar-refractivity contribution in [2.45, 2.75) is 37.6 Å². The fraction of sp³-hybridized carbons (Fsp3) is 0.562. The van der Waals surface area contributed by atoms with Gasteiger partial charge in [-0.2, -0.15) is 0 Å². The van der Waals surface area contributed by atoms with Crippen LogP contribution >= 0.6 is 0 Å². The zero-order valence-corrected chi connectivity index (χ0v) is 14.5. The molecule has 1 heterocycles. The average molecular weight is 339 g/mol. The maximum Gasteiger partial charge on any atom is 0.254 e. The van der Waals surface area contributed by atoms with Gasteiger partial charge in [-0.25, -0.2) is 13.1 Å². The predicted molar refractivity (Wildman–Crippen MR) is 89.6 cm³/mol. The molecule has 1 saturated heterocycles. The highest BCUT2D eigenvalue weighted by Crippen LogP contribution is 2.24. The van der Waals surface area contributed by atoms with Gasteiger partial charge in [-0.05, 0) is 37.0 Å². The minimum atomic E-state index is -3.57. The van der Waals surface area contributed by atoms with Crippen LogP contribution in [0.2, 0.25) is 0 Å². The van der Waals surface area contributed by atoms with Crippen molar-refractivity contribution in [2.24, 2.45) is 11.7 Å². The van der Waals surface area contributed by atoms with E-state index in [4.69, 9.17) is 5.73 Å². The number of nitrogens with two attached hydrogens (primary N) is 1. The van der Waals surface area contributed by atoms with Gasteiger partial charge in [0.05, 0.1) is 4.90 Å². The summed E-state index contributed by atoms with van der Waals surface area (Å²) >= 11 is 0. The average Bonchev–Trinajstić information content (AvgIpc) is 2.54. The second-order valence-corrected chi connectivity index (χ2v) is 7.81. The van der Waals surface area contributed by atoms with Gasteiger partial charge in [0.2, 0.25) is 10.0 Å². The number of rotatable bonds is 5. The van der Waals surface area contributed by atoms with E-state index >= 15 is 0 Å². The fourth-order valence-corrected chi connectivity index (χ4v) is 4.06. The molecule has 0 bridgehead atoms. The second kappa shape index (κ2) is 7.42. The van der Waals surface area contributed by atoms with Gasteiger partial charge in [0.1, 0.15) is 0 Å². The van der Waals surface area contributed by atoms with Gasteiger partial charge in [0, 0.05) is 31.2 Å². The quantitative estimate of drug-likeness (QED) is 0.842. The van der Waals surface area contributed by atoms with E-state index in [2.05, 4.69) is 11.6 Å². The number of benzene rings is 1. The first-order chi connectivity index (χ1) is 10.9. The lowest BCUT2D eigenvalue weighted by Crippen LogP contribution is -2.49. The Morgan fingerprint density at radius 1 is 1.43 bits per heavy atom. The number of sulfonamides is 1. The van der Waals surface area contributed by atoms with E-state index < -0.39 is 10.0 Å². The highest BCUT2D eigenvalue weighted by molar-refractivity contribution is 7.89. The van der Waals surface area contributed by atoms with E-state index in [0.29, 0.717) is 31.1 Å². The smallest absolute Gasteiger partial charge is 0.254 e. The largest absolute Gasteiger partial charge is 0.334 e. The molecule has 7 heteroatoms. The van der Waals surface area contributed by atoms with Gasteiger partial charge in [0.15, 0.2) is 0 Å². The van der Waals surface area contributed by atoms with Crippen LogP contribution in [0, 0.1) is 5.92 Å². The molecule has 23 heavy (non-hydrogen) atoms. The van der Waals surface area contributed by atoms with E-state index in [9.17, 15) is 13.2 Å². The molecule has 1 aliphatic heterocycles. The molecule has 128 valence electrons. The number of likely N-dealkylation sites (tertiary alicyclic amines) is 1. The third-order valence-electron chi connectivity index (χ3n) is 4.24. The number of carbonyl (C=O) groups excluding carboxylic acids is 1. The van der Waals surface area contributed by atoms with Crippen LogP contribution in [0.25, 0.3) is 0 Å². The molecule has 3 N–H and O–H groups in total. The number of nitrogens with one attached hydrogen (secondary N) is 1. The molecule has 1 fully saturated rings. The molecule has 2 atom stereocenters. The first-order valence-corrected chi connectivity index (χ1v) is 9.48.